The van der Waals surface area contributed by atoms with Crippen LogP contribution in [0.2, 0.25) is 0 Å². The van der Waals surface area contributed by atoms with Crippen molar-refractivity contribution in [3.05, 3.63) is 90.2 Å². The lowest BCUT2D eigenvalue weighted by Crippen LogP contribution is -3.00. The Labute approximate surface area is 162 Å². The molecule has 0 aliphatic rings. The van der Waals surface area contributed by atoms with E-state index < -0.39 is 0 Å². The van der Waals surface area contributed by atoms with Crippen LogP contribution in [-0.4, -0.2) is 10.4 Å². The number of ketones is 1. The number of nitrogens with zero attached hydrogens (tertiary/aromatic N) is 2. The molecular weight excluding hydrogens is 392 g/mol. The van der Waals surface area contributed by atoms with Crippen LogP contribution in [-0.2, 0) is 13.1 Å². The number of hydrogen-bond acceptors (Lipinski definition) is 2. The van der Waals surface area contributed by atoms with Gasteiger partial charge in [-0.2, -0.15) is 0 Å². The van der Waals surface area contributed by atoms with Crippen molar-refractivity contribution in [2.45, 2.75) is 20.0 Å². The number of halogens is 1. The molecule has 0 N–H and O–H groups in total. The molecule has 4 nitrogen and oxygen atoms in total. The summed E-state index contributed by atoms with van der Waals surface area (Å²) in [6, 6.07) is 19.4. The third-order valence-corrected chi connectivity index (χ3v) is 4.47. The maximum absolute atomic E-state index is 12.4. The van der Waals surface area contributed by atoms with E-state index in [0.717, 1.165) is 28.1 Å². The van der Waals surface area contributed by atoms with E-state index in [1.165, 1.54) is 0 Å². The van der Waals surface area contributed by atoms with E-state index in [-0.39, 0.29) is 22.8 Å². The van der Waals surface area contributed by atoms with Crippen LogP contribution in [0.1, 0.15) is 21.9 Å². The Morgan fingerprint density at radius 1 is 1.08 bits per heavy atom. The Morgan fingerprint density at radius 3 is 2.58 bits per heavy atom. The molecule has 0 aliphatic carbocycles. The Balaban J connectivity index is 0.00000196. The minimum Gasteiger partial charge on any atom is -1.00 e. The van der Waals surface area contributed by atoms with Gasteiger partial charge >= 0.3 is 0 Å². The second-order valence-corrected chi connectivity index (χ2v) is 6.14. The Kier molecular flexibility index (Phi) is 5.38. The summed E-state index contributed by atoms with van der Waals surface area (Å²) in [7, 11) is 0. The van der Waals surface area contributed by atoms with Gasteiger partial charge in [0.1, 0.15) is 30.3 Å². The largest absolute Gasteiger partial charge is 1.00 e. The molecule has 0 fully saturated rings. The van der Waals surface area contributed by atoms with Gasteiger partial charge in [-0.25, -0.2) is 9.13 Å². The molecule has 0 saturated carbocycles. The van der Waals surface area contributed by atoms with Gasteiger partial charge < -0.3 is 21.4 Å². The van der Waals surface area contributed by atoms with Crippen LogP contribution >= 0.6 is 0 Å². The second kappa shape index (κ2) is 7.70. The summed E-state index contributed by atoms with van der Waals surface area (Å²) in [5.74, 6) is 2.03. The summed E-state index contributed by atoms with van der Waals surface area (Å²) in [6.45, 7) is 3.00. The fraction of sp³-hybridized carbons (Fsp3) is 0.143. The zero-order valence-corrected chi connectivity index (χ0v) is 16.0. The third-order valence-electron chi connectivity index (χ3n) is 4.47. The Morgan fingerprint density at radius 2 is 1.81 bits per heavy atom. The number of para-hydroxylation sites is 1. The molecule has 0 radical (unpaired) electrons. The van der Waals surface area contributed by atoms with Crippen molar-refractivity contribution in [2.75, 3.05) is 0 Å². The van der Waals surface area contributed by atoms with Gasteiger partial charge in [-0.15, -0.1) is 0 Å². The maximum atomic E-state index is 12.4. The fourth-order valence-electron chi connectivity index (χ4n) is 3.03. The first-order chi connectivity index (χ1) is 12.2. The van der Waals surface area contributed by atoms with E-state index in [9.17, 15) is 4.79 Å². The molecule has 0 spiro atoms. The average Bonchev–Trinajstić information content (AvgIpc) is 3.20. The summed E-state index contributed by atoms with van der Waals surface area (Å²) in [5, 5.41) is 1.11. The lowest BCUT2D eigenvalue weighted by molar-refractivity contribution is -0.688. The van der Waals surface area contributed by atoms with Crippen molar-refractivity contribution in [2.24, 2.45) is 0 Å². The molecule has 2 aromatic carbocycles. The standard InChI is InChI=1S/C21H19N2O2.BrH/c1-16-22(14-19-13-18-9-5-6-10-21(18)25-19)11-12-23(16)15-20(24)17-7-3-2-4-8-17;/h2-13H,14-15H2,1H3;1H/q+1;/p-1. The highest BCUT2D eigenvalue weighted by atomic mass is 79.9. The van der Waals surface area contributed by atoms with E-state index in [1.807, 2.05) is 78.5 Å². The molecule has 0 atom stereocenters. The Hall–Kier alpha value is -2.66. The highest BCUT2D eigenvalue weighted by Crippen LogP contribution is 2.19. The van der Waals surface area contributed by atoms with Crippen LogP contribution in [0.4, 0.5) is 0 Å². The normalized spacial score (nSPS) is 10.7. The van der Waals surface area contributed by atoms with Gasteiger partial charge in [0.15, 0.2) is 6.54 Å². The number of hydrogen-bond donors (Lipinski definition) is 0. The first kappa shape index (κ1) is 18.1. The van der Waals surface area contributed by atoms with Gasteiger partial charge in [0.25, 0.3) is 5.82 Å². The van der Waals surface area contributed by atoms with Crippen LogP contribution in [0.15, 0.2) is 77.5 Å². The van der Waals surface area contributed by atoms with Gasteiger partial charge in [0.05, 0.1) is 0 Å². The third kappa shape index (κ3) is 3.63. The summed E-state index contributed by atoms with van der Waals surface area (Å²) in [6.07, 6.45) is 3.93. The minimum absolute atomic E-state index is 0. The van der Waals surface area contributed by atoms with Gasteiger partial charge in [-0.1, -0.05) is 48.5 Å². The fourth-order valence-corrected chi connectivity index (χ4v) is 3.03. The maximum Gasteiger partial charge on any atom is 0.254 e. The number of imidazole rings is 1. The molecule has 0 saturated heterocycles. The molecule has 26 heavy (non-hydrogen) atoms. The molecule has 4 aromatic rings. The lowest BCUT2D eigenvalue weighted by Gasteiger charge is -2.01. The van der Waals surface area contributed by atoms with Crippen molar-refractivity contribution in [3.8, 4) is 0 Å². The van der Waals surface area contributed by atoms with Crippen molar-refractivity contribution in [3.63, 3.8) is 0 Å². The molecule has 0 amide bonds. The van der Waals surface area contributed by atoms with E-state index in [0.29, 0.717) is 13.1 Å². The van der Waals surface area contributed by atoms with Gasteiger partial charge in [0.2, 0.25) is 5.78 Å². The van der Waals surface area contributed by atoms with Crippen molar-refractivity contribution in [1.29, 1.82) is 0 Å². The molecule has 2 heterocycles. The number of fused-ring (bicyclic) bond motifs is 1. The Bertz CT molecular complexity index is 1000. The van der Waals surface area contributed by atoms with Crippen LogP contribution in [0.25, 0.3) is 11.0 Å². The first-order valence-corrected chi connectivity index (χ1v) is 8.31. The summed E-state index contributed by atoms with van der Waals surface area (Å²) in [4.78, 5) is 12.4. The zero-order chi connectivity index (χ0) is 17.2. The molecule has 132 valence electrons. The zero-order valence-electron chi connectivity index (χ0n) is 14.4. The van der Waals surface area contributed by atoms with Crippen LogP contribution in [0.3, 0.4) is 0 Å². The van der Waals surface area contributed by atoms with E-state index in [1.54, 1.807) is 0 Å². The van der Waals surface area contributed by atoms with Crippen LogP contribution in [0.5, 0.6) is 0 Å². The van der Waals surface area contributed by atoms with E-state index in [2.05, 4.69) is 10.6 Å². The predicted molar refractivity (Wildman–Crippen MR) is 95.5 cm³/mol. The second-order valence-electron chi connectivity index (χ2n) is 6.14. The predicted octanol–water partition coefficient (Wildman–Crippen LogP) is 0.765. The van der Waals surface area contributed by atoms with Crippen LogP contribution < -0.4 is 21.5 Å². The van der Waals surface area contributed by atoms with Gasteiger partial charge in [0, 0.05) is 17.9 Å². The molecule has 5 heteroatoms. The summed E-state index contributed by atoms with van der Waals surface area (Å²) in [5.41, 5.74) is 1.63. The molecule has 0 aliphatic heterocycles. The summed E-state index contributed by atoms with van der Waals surface area (Å²) < 4.78 is 9.95. The highest BCUT2D eigenvalue weighted by Gasteiger charge is 2.17. The monoisotopic (exact) mass is 410 g/mol. The quantitative estimate of drug-likeness (QED) is 0.360. The molecule has 0 bridgehead atoms. The number of aromatic nitrogens is 2. The van der Waals surface area contributed by atoms with Gasteiger partial charge in [-0.3, -0.25) is 4.79 Å². The van der Waals surface area contributed by atoms with Crippen molar-refractivity contribution in [1.82, 2.24) is 4.57 Å². The number of rotatable bonds is 5. The molecule has 4 rings (SSSR count). The van der Waals surface area contributed by atoms with Crippen molar-refractivity contribution >= 4 is 16.8 Å². The van der Waals surface area contributed by atoms with Gasteiger partial charge in [-0.05, 0) is 12.1 Å². The SMILES string of the molecule is Cc1n(Cc2cc3ccccc3o2)cc[n+]1CC(=O)c1ccccc1.[Br-]. The highest BCUT2D eigenvalue weighted by molar-refractivity contribution is 5.94. The molecular formula is C21H19BrN2O2. The molecule has 0 unspecified atom stereocenters. The first-order valence-electron chi connectivity index (χ1n) is 8.31. The lowest BCUT2D eigenvalue weighted by atomic mass is 10.1. The van der Waals surface area contributed by atoms with Crippen molar-refractivity contribution < 1.29 is 30.8 Å². The number of benzene rings is 2. The average molecular weight is 411 g/mol. The smallest absolute Gasteiger partial charge is 0.254 e. The number of carbonyl (C=O) groups is 1. The summed E-state index contributed by atoms with van der Waals surface area (Å²) >= 11 is 0. The topological polar surface area (TPSA) is 39.0 Å². The number of carbonyl (C=O) groups excluding carboxylic acids is 1. The number of furan rings is 1. The van der Waals surface area contributed by atoms with E-state index >= 15 is 0 Å². The van der Waals surface area contributed by atoms with Crippen LogP contribution in [0, 0.1) is 6.92 Å². The number of Topliss-reactive ketones (excluding diaryl/α,β-unsaturated/α-hetero) is 1. The minimum atomic E-state index is 0. The molecule has 2 aromatic heterocycles. The van der Waals surface area contributed by atoms with E-state index in [4.69, 9.17) is 4.42 Å².